The molecule has 1 aromatic carbocycles. The Morgan fingerprint density at radius 2 is 1.81 bits per heavy atom. The molecule has 0 aliphatic heterocycles. The van der Waals surface area contributed by atoms with Crippen LogP contribution in [0.1, 0.15) is 24.1 Å². The summed E-state index contributed by atoms with van der Waals surface area (Å²) in [5, 5.41) is 2.78. The van der Waals surface area contributed by atoms with Crippen molar-refractivity contribution in [2.75, 3.05) is 11.1 Å². The number of nitrogens with two attached hydrogens (primary N) is 2. The van der Waals surface area contributed by atoms with E-state index < -0.39 is 17.6 Å². The zero-order valence-electron chi connectivity index (χ0n) is 11.1. The highest BCUT2D eigenvalue weighted by atomic mass is 19.4. The SMILES string of the molecule is CC(N)c1ccc(Nc2ncc(C(F)(F)F)c(N)n2)cc1. The van der Waals surface area contributed by atoms with Crippen molar-refractivity contribution in [1.82, 2.24) is 9.97 Å². The van der Waals surface area contributed by atoms with Gasteiger partial charge in [-0.1, -0.05) is 12.1 Å². The number of benzene rings is 1. The van der Waals surface area contributed by atoms with Crippen molar-refractivity contribution in [3.63, 3.8) is 0 Å². The number of hydrogen-bond donors (Lipinski definition) is 3. The Morgan fingerprint density at radius 1 is 1.19 bits per heavy atom. The topological polar surface area (TPSA) is 89.8 Å². The van der Waals surface area contributed by atoms with Gasteiger partial charge in [-0.05, 0) is 24.6 Å². The van der Waals surface area contributed by atoms with Crippen LogP contribution in [0.5, 0.6) is 0 Å². The number of alkyl halides is 3. The first-order valence-electron chi connectivity index (χ1n) is 6.09. The fourth-order valence-corrected chi connectivity index (χ4v) is 1.67. The molecule has 2 aromatic rings. The monoisotopic (exact) mass is 297 g/mol. The molecule has 5 N–H and O–H groups in total. The van der Waals surface area contributed by atoms with Crippen LogP contribution in [0.4, 0.5) is 30.6 Å². The Kier molecular flexibility index (Phi) is 3.99. The molecule has 0 radical (unpaired) electrons. The fraction of sp³-hybridized carbons (Fsp3) is 0.231. The quantitative estimate of drug-likeness (QED) is 0.810. The van der Waals surface area contributed by atoms with E-state index in [0.29, 0.717) is 11.9 Å². The van der Waals surface area contributed by atoms with Gasteiger partial charge in [0.25, 0.3) is 0 Å². The highest BCUT2D eigenvalue weighted by molar-refractivity contribution is 5.56. The van der Waals surface area contributed by atoms with Gasteiger partial charge in [-0.3, -0.25) is 0 Å². The van der Waals surface area contributed by atoms with Gasteiger partial charge in [-0.15, -0.1) is 0 Å². The molecule has 0 amide bonds. The van der Waals surface area contributed by atoms with E-state index in [0.717, 1.165) is 5.56 Å². The Bertz CT molecular complexity index is 623. The number of nitrogens with one attached hydrogen (secondary N) is 1. The zero-order chi connectivity index (χ0) is 15.6. The van der Waals surface area contributed by atoms with Crippen molar-refractivity contribution in [3.05, 3.63) is 41.6 Å². The second kappa shape index (κ2) is 5.57. The minimum absolute atomic E-state index is 0.00551. The van der Waals surface area contributed by atoms with Gasteiger partial charge in [0.15, 0.2) is 0 Å². The van der Waals surface area contributed by atoms with Crippen LogP contribution in [0.3, 0.4) is 0 Å². The van der Waals surface area contributed by atoms with Crippen molar-refractivity contribution in [3.8, 4) is 0 Å². The number of aromatic nitrogens is 2. The largest absolute Gasteiger partial charge is 0.421 e. The summed E-state index contributed by atoms with van der Waals surface area (Å²) >= 11 is 0. The molecule has 0 fully saturated rings. The molecule has 0 bridgehead atoms. The van der Waals surface area contributed by atoms with Crippen LogP contribution < -0.4 is 16.8 Å². The van der Waals surface area contributed by atoms with Crippen molar-refractivity contribution >= 4 is 17.5 Å². The van der Waals surface area contributed by atoms with Crippen LogP contribution >= 0.6 is 0 Å². The number of nitrogen functional groups attached to an aromatic ring is 1. The molecule has 1 aromatic heterocycles. The average Bonchev–Trinajstić information content (AvgIpc) is 2.37. The Morgan fingerprint density at radius 3 is 2.29 bits per heavy atom. The lowest BCUT2D eigenvalue weighted by Gasteiger charge is -2.11. The van der Waals surface area contributed by atoms with Crippen LogP contribution in [0.25, 0.3) is 0 Å². The molecule has 0 spiro atoms. The van der Waals surface area contributed by atoms with Crippen molar-refractivity contribution in [1.29, 1.82) is 0 Å². The Balaban J connectivity index is 2.18. The third kappa shape index (κ3) is 3.60. The van der Waals surface area contributed by atoms with Crippen LogP contribution in [0.2, 0.25) is 0 Å². The molecule has 5 nitrogen and oxygen atoms in total. The number of anilines is 3. The number of rotatable bonds is 3. The van der Waals surface area contributed by atoms with Gasteiger partial charge in [-0.2, -0.15) is 18.2 Å². The maximum Gasteiger partial charge on any atom is 0.421 e. The molecule has 0 aliphatic rings. The lowest BCUT2D eigenvalue weighted by molar-refractivity contribution is -0.137. The maximum atomic E-state index is 12.5. The molecule has 112 valence electrons. The van der Waals surface area contributed by atoms with Crippen molar-refractivity contribution in [2.45, 2.75) is 19.1 Å². The Hall–Kier alpha value is -2.35. The summed E-state index contributed by atoms with van der Waals surface area (Å²) in [6.07, 6.45) is -3.91. The molecule has 0 saturated carbocycles. The van der Waals surface area contributed by atoms with Gasteiger partial charge in [0, 0.05) is 17.9 Å². The van der Waals surface area contributed by atoms with Gasteiger partial charge in [0.2, 0.25) is 5.95 Å². The summed E-state index contributed by atoms with van der Waals surface area (Å²) in [5.41, 5.74) is 11.5. The van der Waals surface area contributed by atoms with Gasteiger partial charge < -0.3 is 16.8 Å². The molecule has 0 aliphatic carbocycles. The van der Waals surface area contributed by atoms with Gasteiger partial charge in [0.1, 0.15) is 11.4 Å². The van der Waals surface area contributed by atoms with E-state index >= 15 is 0 Å². The van der Waals surface area contributed by atoms with Gasteiger partial charge in [-0.25, -0.2) is 4.98 Å². The van der Waals surface area contributed by atoms with Crippen LogP contribution in [-0.2, 0) is 6.18 Å². The van der Waals surface area contributed by atoms with Crippen molar-refractivity contribution in [2.24, 2.45) is 5.73 Å². The summed E-state index contributed by atoms with van der Waals surface area (Å²) in [7, 11) is 0. The third-order valence-electron chi connectivity index (χ3n) is 2.82. The molecule has 0 saturated heterocycles. The summed E-state index contributed by atoms with van der Waals surface area (Å²) < 4.78 is 37.6. The summed E-state index contributed by atoms with van der Waals surface area (Å²) in [6.45, 7) is 1.85. The van der Waals surface area contributed by atoms with Crippen molar-refractivity contribution < 1.29 is 13.2 Å². The smallest absolute Gasteiger partial charge is 0.383 e. The number of halogens is 3. The summed E-state index contributed by atoms with van der Waals surface area (Å²) in [6, 6.07) is 6.98. The molecule has 21 heavy (non-hydrogen) atoms. The second-order valence-electron chi connectivity index (χ2n) is 4.53. The van der Waals surface area contributed by atoms with E-state index in [4.69, 9.17) is 11.5 Å². The van der Waals surface area contributed by atoms with E-state index in [2.05, 4.69) is 15.3 Å². The van der Waals surface area contributed by atoms with Crippen LogP contribution in [0, 0.1) is 0 Å². The Labute approximate surface area is 119 Å². The first-order valence-corrected chi connectivity index (χ1v) is 6.09. The third-order valence-corrected chi connectivity index (χ3v) is 2.82. The van der Waals surface area contributed by atoms with E-state index in [1.165, 1.54) is 0 Å². The average molecular weight is 297 g/mol. The summed E-state index contributed by atoms with van der Waals surface area (Å²) in [4.78, 5) is 7.22. The first kappa shape index (κ1) is 15.0. The molecular weight excluding hydrogens is 283 g/mol. The van der Waals surface area contributed by atoms with Crippen LogP contribution in [-0.4, -0.2) is 9.97 Å². The zero-order valence-corrected chi connectivity index (χ0v) is 11.1. The normalized spacial score (nSPS) is 13.0. The predicted octanol–water partition coefficient (Wildman–Crippen LogP) is 2.84. The highest BCUT2D eigenvalue weighted by Gasteiger charge is 2.34. The summed E-state index contributed by atoms with van der Waals surface area (Å²) in [5.74, 6) is -0.624. The van der Waals surface area contributed by atoms with E-state index in [9.17, 15) is 13.2 Å². The molecule has 1 heterocycles. The molecule has 8 heteroatoms. The number of hydrogen-bond acceptors (Lipinski definition) is 5. The van der Waals surface area contributed by atoms with Gasteiger partial charge >= 0.3 is 6.18 Å². The number of nitrogens with zero attached hydrogens (tertiary/aromatic N) is 2. The molecule has 1 unspecified atom stereocenters. The predicted molar refractivity (Wildman–Crippen MR) is 73.8 cm³/mol. The molecule has 1 atom stereocenters. The second-order valence-corrected chi connectivity index (χ2v) is 4.53. The standard InChI is InChI=1S/C13H14F3N5/c1-7(17)8-2-4-9(5-3-8)20-12-19-6-10(11(18)21-12)13(14,15)16/h2-7H,17H2,1H3,(H3,18,19,20,21). The lowest BCUT2D eigenvalue weighted by atomic mass is 10.1. The minimum Gasteiger partial charge on any atom is -0.383 e. The van der Waals surface area contributed by atoms with Gasteiger partial charge in [0.05, 0.1) is 0 Å². The highest BCUT2D eigenvalue weighted by Crippen LogP contribution is 2.32. The van der Waals surface area contributed by atoms with E-state index in [1.807, 2.05) is 6.92 Å². The molecular formula is C13H14F3N5. The maximum absolute atomic E-state index is 12.5. The molecule has 2 rings (SSSR count). The van der Waals surface area contributed by atoms with Crippen LogP contribution in [0.15, 0.2) is 30.5 Å². The first-order chi connectivity index (χ1) is 9.77. The lowest BCUT2D eigenvalue weighted by Crippen LogP contribution is -2.12. The van der Waals surface area contributed by atoms with E-state index in [1.54, 1.807) is 24.3 Å². The fourth-order valence-electron chi connectivity index (χ4n) is 1.67. The minimum atomic E-state index is -4.57. The van der Waals surface area contributed by atoms with E-state index in [-0.39, 0.29) is 12.0 Å².